The molecule has 2 aromatic carbocycles. The van der Waals surface area contributed by atoms with E-state index in [0.717, 1.165) is 22.0 Å². The van der Waals surface area contributed by atoms with Gasteiger partial charge in [-0.3, -0.25) is 0 Å². The number of hydrogen-bond acceptors (Lipinski definition) is 2. The van der Waals surface area contributed by atoms with E-state index in [0.29, 0.717) is 6.61 Å². The molecule has 0 saturated carbocycles. The predicted octanol–water partition coefficient (Wildman–Crippen LogP) is 3.24. The Bertz CT molecular complexity index is 849. The molecule has 0 bridgehead atoms. The molecule has 20 heavy (non-hydrogen) atoms. The van der Waals surface area contributed by atoms with Crippen molar-refractivity contribution in [3.05, 3.63) is 48.0 Å². The number of esters is 1. The van der Waals surface area contributed by atoms with Crippen LogP contribution < -0.4 is 0 Å². The summed E-state index contributed by atoms with van der Waals surface area (Å²) in [7, 11) is 0. The molecule has 1 heterocycles. The van der Waals surface area contributed by atoms with Crippen LogP contribution in [0.1, 0.15) is 12.5 Å². The predicted molar refractivity (Wildman–Crippen MR) is 79.3 cm³/mol. The number of carbonyl (C=O) groups excluding carboxylic acids is 1. The third kappa shape index (κ3) is 2.24. The van der Waals surface area contributed by atoms with Gasteiger partial charge in [-0.05, 0) is 25.1 Å². The van der Waals surface area contributed by atoms with Gasteiger partial charge in [0.05, 0.1) is 6.61 Å². The van der Waals surface area contributed by atoms with Gasteiger partial charge in [-0.2, -0.15) is 0 Å². The molecular formula is C17H13NO2. The SMILES string of the molecule is CCOC(=O)C#Cc1ccc2c(c1)[nH]c1ccccc12. The fourth-order valence-corrected chi connectivity index (χ4v) is 2.22. The van der Waals surface area contributed by atoms with Crippen molar-refractivity contribution in [1.82, 2.24) is 4.98 Å². The van der Waals surface area contributed by atoms with Gasteiger partial charge in [0.15, 0.2) is 0 Å². The van der Waals surface area contributed by atoms with Crippen molar-refractivity contribution in [3.63, 3.8) is 0 Å². The van der Waals surface area contributed by atoms with Gasteiger partial charge >= 0.3 is 5.97 Å². The number of aromatic amines is 1. The Morgan fingerprint density at radius 3 is 2.80 bits per heavy atom. The first-order valence-electron chi connectivity index (χ1n) is 6.47. The van der Waals surface area contributed by atoms with Crippen LogP contribution in [0.2, 0.25) is 0 Å². The van der Waals surface area contributed by atoms with Crippen LogP contribution in [0.5, 0.6) is 0 Å². The highest BCUT2D eigenvalue weighted by Gasteiger charge is 2.03. The van der Waals surface area contributed by atoms with Crippen LogP contribution in [0.25, 0.3) is 21.8 Å². The zero-order valence-electron chi connectivity index (χ0n) is 11.1. The molecule has 3 rings (SSSR count). The van der Waals surface area contributed by atoms with E-state index in [9.17, 15) is 4.79 Å². The van der Waals surface area contributed by atoms with E-state index in [-0.39, 0.29) is 0 Å². The average Bonchev–Trinajstić information content (AvgIpc) is 2.83. The quantitative estimate of drug-likeness (QED) is 0.541. The summed E-state index contributed by atoms with van der Waals surface area (Å²) in [5.41, 5.74) is 2.90. The van der Waals surface area contributed by atoms with Crippen LogP contribution >= 0.6 is 0 Å². The van der Waals surface area contributed by atoms with E-state index >= 15 is 0 Å². The van der Waals surface area contributed by atoms with Crippen molar-refractivity contribution < 1.29 is 9.53 Å². The van der Waals surface area contributed by atoms with Gasteiger partial charge in [-0.15, -0.1) is 0 Å². The number of para-hydroxylation sites is 1. The minimum atomic E-state index is -0.496. The maximum absolute atomic E-state index is 11.2. The number of ether oxygens (including phenoxy) is 1. The molecule has 3 nitrogen and oxygen atoms in total. The van der Waals surface area contributed by atoms with Crippen molar-refractivity contribution in [2.24, 2.45) is 0 Å². The highest BCUT2D eigenvalue weighted by atomic mass is 16.5. The van der Waals surface area contributed by atoms with Crippen LogP contribution in [-0.2, 0) is 9.53 Å². The van der Waals surface area contributed by atoms with Crippen molar-refractivity contribution in [3.8, 4) is 11.8 Å². The summed E-state index contributed by atoms with van der Waals surface area (Å²) in [5.74, 6) is 4.80. The van der Waals surface area contributed by atoms with E-state index in [4.69, 9.17) is 4.74 Å². The molecule has 0 aliphatic carbocycles. The number of H-pyrrole nitrogens is 1. The van der Waals surface area contributed by atoms with Gasteiger partial charge in [-0.1, -0.05) is 30.2 Å². The Morgan fingerprint density at radius 2 is 1.95 bits per heavy atom. The normalized spacial score (nSPS) is 10.2. The maximum Gasteiger partial charge on any atom is 0.384 e. The minimum Gasteiger partial charge on any atom is -0.456 e. The third-order valence-electron chi connectivity index (χ3n) is 3.09. The number of benzene rings is 2. The first-order valence-corrected chi connectivity index (χ1v) is 6.47. The monoisotopic (exact) mass is 263 g/mol. The lowest BCUT2D eigenvalue weighted by Gasteiger charge is -1.93. The molecule has 1 aromatic heterocycles. The molecule has 0 unspecified atom stereocenters. The highest BCUT2D eigenvalue weighted by Crippen LogP contribution is 2.25. The molecular weight excluding hydrogens is 250 g/mol. The van der Waals surface area contributed by atoms with E-state index in [2.05, 4.69) is 22.9 Å². The van der Waals surface area contributed by atoms with Gasteiger partial charge in [0.1, 0.15) is 0 Å². The number of carbonyl (C=O) groups is 1. The van der Waals surface area contributed by atoms with E-state index in [1.807, 2.05) is 36.4 Å². The summed E-state index contributed by atoms with van der Waals surface area (Å²) < 4.78 is 4.78. The van der Waals surface area contributed by atoms with Gasteiger partial charge in [-0.25, -0.2) is 4.79 Å². The fourth-order valence-electron chi connectivity index (χ4n) is 2.22. The van der Waals surface area contributed by atoms with Gasteiger partial charge in [0.25, 0.3) is 0 Å². The van der Waals surface area contributed by atoms with Gasteiger partial charge in [0.2, 0.25) is 0 Å². The summed E-state index contributed by atoms with van der Waals surface area (Å²) in [6.45, 7) is 2.10. The summed E-state index contributed by atoms with van der Waals surface area (Å²) in [6.07, 6.45) is 0. The number of aromatic nitrogens is 1. The molecule has 0 spiro atoms. The maximum atomic E-state index is 11.2. The molecule has 0 fully saturated rings. The summed E-state index contributed by atoms with van der Waals surface area (Å²) in [4.78, 5) is 14.6. The van der Waals surface area contributed by atoms with Crippen LogP contribution in [0.15, 0.2) is 42.5 Å². The number of fused-ring (bicyclic) bond motifs is 3. The Labute approximate surface area is 116 Å². The van der Waals surface area contributed by atoms with E-state index in [1.54, 1.807) is 6.92 Å². The first kappa shape index (κ1) is 12.3. The van der Waals surface area contributed by atoms with Gasteiger partial charge in [0, 0.05) is 33.3 Å². The Morgan fingerprint density at radius 1 is 1.15 bits per heavy atom. The average molecular weight is 263 g/mol. The molecule has 3 aromatic rings. The Kier molecular flexibility index (Phi) is 3.14. The van der Waals surface area contributed by atoms with Crippen LogP contribution in [-0.4, -0.2) is 17.6 Å². The smallest absolute Gasteiger partial charge is 0.384 e. The van der Waals surface area contributed by atoms with Crippen molar-refractivity contribution in [2.45, 2.75) is 6.92 Å². The standard InChI is InChI=1S/C17H13NO2/c1-2-20-17(19)10-8-12-7-9-14-13-5-3-4-6-15(13)18-16(14)11-12/h3-7,9,11,18H,2H2,1H3. The Hall–Kier alpha value is -2.73. The summed E-state index contributed by atoms with van der Waals surface area (Å²) in [6, 6.07) is 14.0. The second kappa shape index (κ2) is 5.10. The second-order valence-electron chi connectivity index (χ2n) is 4.40. The second-order valence-corrected chi connectivity index (χ2v) is 4.40. The number of hydrogen-bond donors (Lipinski definition) is 1. The lowest BCUT2D eigenvalue weighted by molar-refractivity contribution is -0.136. The third-order valence-corrected chi connectivity index (χ3v) is 3.09. The van der Waals surface area contributed by atoms with Crippen LogP contribution in [0.3, 0.4) is 0 Å². The molecule has 0 atom stereocenters. The topological polar surface area (TPSA) is 42.1 Å². The fraction of sp³-hybridized carbons (Fsp3) is 0.118. The molecule has 3 heteroatoms. The van der Waals surface area contributed by atoms with Crippen LogP contribution in [0.4, 0.5) is 0 Å². The molecule has 0 radical (unpaired) electrons. The van der Waals surface area contributed by atoms with Crippen molar-refractivity contribution in [2.75, 3.05) is 6.61 Å². The lowest BCUT2D eigenvalue weighted by Crippen LogP contribution is -1.99. The molecule has 1 N–H and O–H groups in total. The van der Waals surface area contributed by atoms with E-state index in [1.165, 1.54) is 5.39 Å². The summed E-state index contributed by atoms with van der Waals surface area (Å²) >= 11 is 0. The Balaban J connectivity index is 2.03. The molecule has 0 aliphatic rings. The van der Waals surface area contributed by atoms with Crippen molar-refractivity contribution in [1.29, 1.82) is 0 Å². The van der Waals surface area contributed by atoms with Gasteiger partial charge < -0.3 is 9.72 Å². The molecule has 0 saturated heterocycles. The minimum absolute atomic E-state index is 0.342. The first-order chi connectivity index (χ1) is 9.78. The van der Waals surface area contributed by atoms with Crippen molar-refractivity contribution >= 4 is 27.8 Å². The zero-order chi connectivity index (χ0) is 13.9. The number of nitrogens with one attached hydrogen (secondary N) is 1. The largest absolute Gasteiger partial charge is 0.456 e. The number of rotatable bonds is 1. The van der Waals surface area contributed by atoms with E-state index < -0.39 is 5.97 Å². The zero-order valence-corrected chi connectivity index (χ0v) is 11.1. The molecule has 0 amide bonds. The lowest BCUT2D eigenvalue weighted by atomic mass is 10.1. The summed E-state index contributed by atoms with van der Waals surface area (Å²) in [5, 5.41) is 2.34. The highest BCUT2D eigenvalue weighted by molar-refractivity contribution is 6.07. The molecule has 0 aliphatic heterocycles. The molecule has 98 valence electrons. The van der Waals surface area contributed by atoms with Crippen LogP contribution in [0, 0.1) is 11.8 Å².